The maximum Gasteiger partial charge on any atom is 0.222 e. The average molecular weight is 416 g/mol. The second-order valence-corrected chi connectivity index (χ2v) is 7.24. The standard InChI is InChI=1S/C23H29FN2O4/c1-28-20-8-9-22(29-2)18(15-20)17-25-10-12-26(13-11-25)23(27)7-4-14-30-21-6-3-5-19(24)16-21/h3,5-6,8-9,15-16H,4,7,10-14,17H2,1-2H3. The van der Waals surface area contributed by atoms with Crippen molar-refractivity contribution in [2.75, 3.05) is 47.0 Å². The van der Waals surface area contributed by atoms with Gasteiger partial charge in [0.1, 0.15) is 23.1 Å². The zero-order chi connectivity index (χ0) is 21.3. The van der Waals surface area contributed by atoms with Gasteiger partial charge in [-0.15, -0.1) is 0 Å². The second kappa shape index (κ2) is 10.8. The maximum absolute atomic E-state index is 13.1. The van der Waals surface area contributed by atoms with Gasteiger partial charge in [0.2, 0.25) is 5.91 Å². The first-order valence-corrected chi connectivity index (χ1v) is 10.2. The fraction of sp³-hybridized carbons (Fsp3) is 0.435. The highest BCUT2D eigenvalue weighted by atomic mass is 19.1. The second-order valence-electron chi connectivity index (χ2n) is 7.24. The molecule has 162 valence electrons. The molecule has 3 rings (SSSR count). The fourth-order valence-corrected chi connectivity index (χ4v) is 3.53. The molecule has 0 N–H and O–H groups in total. The summed E-state index contributed by atoms with van der Waals surface area (Å²) in [5.41, 5.74) is 1.08. The predicted octanol–water partition coefficient (Wildman–Crippen LogP) is 3.35. The van der Waals surface area contributed by atoms with Crippen LogP contribution in [0, 0.1) is 5.82 Å². The number of hydrogen-bond donors (Lipinski definition) is 0. The normalized spacial score (nSPS) is 14.4. The fourth-order valence-electron chi connectivity index (χ4n) is 3.53. The highest BCUT2D eigenvalue weighted by Gasteiger charge is 2.21. The zero-order valence-corrected chi connectivity index (χ0v) is 17.6. The number of benzene rings is 2. The number of ether oxygens (including phenoxy) is 3. The maximum atomic E-state index is 13.1. The van der Waals surface area contributed by atoms with Gasteiger partial charge in [0, 0.05) is 50.8 Å². The summed E-state index contributed by atoms with van der Waals surface area (Å²) in [6.07, 6.45) is 1.04. The molecule has 0 atom stereocenters. The highest BCUT2D eigenvalue weighted by molar-refractivity contribution is 5.76. The van der Waals surface area contributed by atoms with Gasteiger partial charge in [-0.1, -0.05) is 6.07 Å². The lowest BCUT2D eigenvalue weighted by atomic mass is 10.1. The van der Waals surface area contributed by atoms with E-state index in [4.69, 9.17) is 14.2 Å². The van der Waals surface area contributed by atoms with Crippen molar-refractivity contribution in [3.63, 3.8) is 0 Å². The van der Waals surface area contributed by atoms with Crippen molar-refractivity contribution in [3.05, 3.63) is 53.8 Å². The van der Waals surface area contributed by atoms with Gasteiger partial charge in [0.15, 0.2) is 0 Å². The summed E-state index contributed by atoms with van der Waals surface area (Å²) in [6.45, 7) is 4.18. The van der Waals surface area contributed by atoms with Gasteiger partial charge >= 0.3 is 0 Å². The van der Waals surface area contributed by atoms with Crippen molar-refractivity contribution >= 4 is 5.91 Å². The van der Waals surface area contributed by atoms with E-state index in [-0.39, 0.29) is 11.7 Å². The molecule has 0 bridgehead atoms. The molecular formula is C23H29FN2O4. The van der Waals surface area contributed by atoms with Gasteiger partial charge in [-0.2, -0.15) is 0 Å². The van der Waals surface area contributed by atoms with Crippen LogP contribution in [0.4, 0.5) is 4.39 Å². The van der Waals surface area contributed by atoms with Gasteiger partial charge in [-0.3, -0.25) is 9.69 Å². The molecule has 30 heavy (non-hydrogen) atoms. The van der Waals surface area contributed by atoms with Crippen LogP contribution in [0.3, 0.4) is 0 Å². The Hall–Kier alpha value is -2.80. The van der Waals surface area contributed by atoms with Crippen molar-refractivity contribution in [1.29, 1.82) is 0 Å². The summed E-state index contributed by atoms with van der Waals surface area (Å²) < 4.78 is 29.4. The third-order valence-corrected chi connectivity index (χ3v) is 5.21. The molecule has 1 saturated heterocycles. The number of methoxy groups -OCH3 is 2. The van der Waals surface area contributed by atoms with E-state index in [0.29, 0.717) is 38.3 Å². The summed E-state index contributed by atoms with van der Waals surface area (Å²) in [4.78, 5) is 16.7. The smallest absolute Gasteiger partial charge is 0.222 e. The van der Waals surface area contributed by atoms with Crippen LogP contribution in [-0.4, -0.2) is 62.7 Å². The Kier molecular flexibility index (Phi) is 7.90. The molecular weight excluding hydrogens is 387 g/mol. The lowest BCUT2D eigenvalue weighted by Crippen LogP contribution is -2.48. The van der Waals surface area contributed by atoms with Crippen LogP contribution in [0.1, 0.15) is 18.4 Å². The Labute approximate surface area is 177 Å². The molecule has 0 aliphatic carbocycles. The van der Waals surface area contributed by atoms with Gasteiger partial charge in [-0.25, -0.2) is 4.39 Å². The number of rotatable bonds is 9. The lowest BCUT2D eigenvalue weighted by molar-refractivity contribution is -0.133. The Morgan fingerprint density at radius 3 is 2.50 bits per heavy atom. The molecule has 2 aromatic rings. The number of halogens is 1. The molecule has 6 nitrogen and oxygen atoms in total. The van der Waals surface area contributed by atoms with Gasteiger partial charge in [0.05, 0.1) is 20.8 Å². The predicted molar refractivity (Wildman–Crippen MR) is 113 cm³/mol. The minimum Gasteiger partial charge on any atom is -0.497 e. The minimum atomic E-state index is -0.326. The Balaban J connectivity index is 1.40. The number of hydrogen-bond acceptors (Lipinski definition) is 5. The first kappa shape index (κ1) is 21.9. The van der Waals surface area contributed by atoms with Crippen molar-refractivity contribution in [3.8, 4) is 17.2 Å². The molecule has 0 saturated carbocycles. The minimum absolute atomic E-state index is 0.136. The number of nitrogens with zero attached hydrogens (tertiary/aromatic N) is 2. The van der Waals surface area contributed by atoms with E-state index in [1.165, 1.54) is 12.1 Å². The molecule has 1 fully saturated rings. The Morgan fingerprint density at radius 1 is 1.00 bits per heavy atom. The summed E-state index contributed by atoms with van der Waals surface area (Å²) in [7, 11) is 3.32. The molecule has 0 radical (unpaired) electrons. The van der Waals surface area contributed by atoms with E-state index >= 15 is 0 Å². The summed E-state index contributed by atoms with van der Waals surface area (Å²) in [5.74, 6) is 1.95. The van der Waals surface area contributed by atoms with E-state index in [2.05, 4.69) is 4.90 Å². The van der Waals surface area contributed by atoms with Crippen LogP contribution in [0.5, 0.6) is 17.2 Å². The van der Waals surface area contributed by atoms with Crippen LogP contribution in [0.15, 0.2) is 42.5 Å². The number of piperazine rings is 1. The van der Waals surface area contributed by atoms with Crippen LogP contribution in [-0.2, 0) is 11.3 Å². The average Bonchev–Trinajstić information content (AvgIpc) is 2.77. The molecule has 1 amide bonds. The molecule has 1 aliphatic heterocycles. The topological polar surface area (TPSA) is 51.2 Å². The quantitative estimate of drug-likeness (QED) is 0.587. The zero-order valence-electron chi connectivity index (χ0n) is 17.6. The molecule has 2 aromatic carbocycles. The molecule has 0 spiro atoms. The number of carbonyl (C=O) groups excluding carboxylic acids is 1. The molecule has 0 unspecified atom stereocenters. The molecule has 1 aliphatic rings. The van der Waals surface area contributed by atoms with E-state index < -0.39 is 0 Å². The first-order chi connectivity index (χ1) is 14.6. The summed E-state index contributed by atoms with van der Waals surface area (Å²) in [5, 5.41) is 0. The monoisotopic (exact) mass is 416 g/mol. The SMILES string of the molecule is COc1ccc(OC)c(CN2CCN(C(=O)CCCOc3cccc(F)c3)CC2)c1. The van der Waals surface area contributed by atoms with Crippen LogP contribution in [0.2, 0.25) is 0 Å². The van der Waals surface area contributed by atoms with E-state index in [0.717, 1.165) is 36.7 Å². The largest absolute Gasteiger partial charge is 0.497 e. The third-order valence-electron chi connectivity index (χ3n) is 5.21. The first-order valence-electron chi connectivity index (χ1n) is 10.2. The van der Waals surface area contributed by atoms with E-state index in [9.17, 15) is 9.18 Å². The van der Waals surface area contributed by atoms with E-state index in [1.807, 2.05) is 23.1 Å². The van der Waals surface area contributed by atoms with Crippen molar-refractivity contribution in [1.82, 2.24) is 9.80 Å². The number of carbonyl (C=O) groups is 1. The molecule has 0 aromatic heterocycles. The molecule has 7 heteroatoms. The van der Waals surface area contributed by atoms with Crippen LogP contribution < -0.4 is 14.2 Å². The van der Waals surface area contributed by atoms with Gasteiger partial charge in [0.25, 0.3) is 0 Å². The van der Waals surface area contributed by atoms with Crippen LogP contribution in [0.25, 0.3) is 0 Å². The Morgan fingerprint density at radius 2 is 1.80 bits per heavy atom. The summed E-state index contributed by atoms with van der Waals surface area (Å²) >= 11 is 0. The lowest BCUT2D eigenvalue weighted by Gasteiger charge is -2.35. The third kappa shape index (κ3) is 6.10. The number of amides is 1. The van der Waals surface area contributed by atoms with Crippen molar-refractivity contribution < 1.29 is 23.4 Å². The van der Waals surface area contributed by atoms with Crippen molar-refractivity contribution in [2.45, 2.75) is 19.4 Å². The van der Waals surface area contributed by atoms with Gasteiger partial charge in [-0.05, 0) is 36.8 Å². The summed E-state index contributed by atoms with van der Waals surface area (Å²) in [6, 6.07) is 11.8. The molecule has 1 heterocycles. The van der Waals surface area contributed by atoms with Crippen molar-refractivity contribution in [2.24, 2.45) is 0 Å². The highest BCUT2D eigenvalue weighted by Crippen LogP contribution is 2.25. The van der Waals surface area contributed by atoms with Gasteiger partial charge < -0.3 is 19.1 Å². The van der Waals surface area contributed by atoms with E-state index in [1.54, 1.807) is 26.4 Å². The van der Waals surface area contributed by atoms with Crippen LogP contribution >= 0.6 is 0 Å². The Bertz CT molecular complexity index is 838.